The highest BCUT2D eigenvalue weighted by molar-refractivity contribution is 5.57. The van der Waals surface area contributed by atoms with Crippen LogP contribution < -0.4 is 5.32 Å². The lowest BCUT2D eigenvalue weighted by molar-refractivity contribution is -0.385. The van der Waals surface area contributed by atoms with Gasteiger partial charge < -0.3 is 9.84 Å². The Morgan fingerprint density at radius 3 is 2.79 bits per heavy atom. The van der Waals surface area contributed by atoms with Crippen LogP contribution in [0.1, 0.15) is 11.4 Å². The topological polar surface area (TPSA) is 94.1 Å². The molecule has 1 N–H and O–H groups in total. The summed E-state index contributed by atoms with van der Waals surface area (Å²) in [6.45, 7) is 2.06. The highest BCUT2D eigenvalue weighted by Gasteiger charge is 2.13. The van der Waals surface area contributed by atoms with Gasteiger partial charge in [0.15, 0.2) is 11.6 Å². The van der Waals surface area contributed by atoms with Crippen molar-refractivity contribution in [3.05, 3.63) is 69.8 Å². The predicted octanol–water partition coefficient (Wildman–Crippen LogP) is 3.70. The molecule has 3 aromatic rings. The molecule has 0 aliphatic heterocycles. The van der Waals surface area contributed by atoms with E-state index in [1.165, 1.54) is 12.1 Å². The summed E-state index contributed by atoms with van der Waals surface area (Å²) < 4.78 is 19.0. The third-order valence-electron chi connectivity index (χ3n) is 3.44. The minimum atomic E-state index is -0.716. The van der Waals surface area contributed by atoms with Crippen LogP contribution in [0.3, 0.4) is 0 Å². The first-order valence-electron chi connectivity index (χ1n) is 7.11. The number of hydrogen-bond donors (Lipinski definition) is 1. The van der Waals surface area contributed by atoms with E-state index in [0.29, 0.717) is 11.7 Å². The number of halogens is 1. The van der Waals surface area contributed by atoms with Gasteiger partial charge in [0.1, 0.15) is 0 Å². The van der Waals surface area contributed by atoms with Gasteiger partial charge in [-0.3, -0.25) is 10.1 Å². The number of aryl methyl sites for hydroxylation is 1. The quantitative estimate of drug-likeness (QED) is 0.567. The molecule has 0 saturated carbocycles. The molecule has 0 unspecified atom stereocenters. The monoisotopic (exact) mass is 328 g/mol. The van der Waals surface area contributed by atoms with Gasteiger partial charge in [-0.05, 0) is 24.6 Å². The van der Waals surface area contributed by atoms with Gasteiger partial charge >= 0.3 is 0 Å². The molecule has 1 aromatic heterocycles. The van der Waals surface area contributed by atoms with E-state index in [2.05, 4.69) is 15.5 Å². The maximum atomic E-state index is 13.8. The van der Waals surface area contributed by atoms with Gasteiger partial charge in [-0.15, -0.1) is 0 Å². The van der Waals surface area contributed by atoms with Gasteiger partial charge in [0.25, 0.3) is 11.6 Å². The van der Waals surface area contributed by atoms with Crippen molar-refractivity contribution in [2.75, 3.05) is 5.32 Å². The predicted molar refractivity (Wildman–Crippen MR) is 84.9 cm³/mol. The fourth-order valence-corrected chi connectivity index (χ4v) is 2.18. The van der Waals surface area contributed by atoms with Crippen molar-refractivity contribution >= 4 is 11.4 Å². The Kier molecular flexibility index (Phi) is 4.19. The fourth-order valence-electron chi connectivity index (χ4n) is 2.18. The molecule has 0 bridgehead atoms. The Morgan fingerprint density at radius 2 is 2.08 bits per heavy atom. The van der Waals surface area contributed by atoms with E-state index in [-0.39, 0.29) is 17.9 Å². The normalized spacial score (nSPS) is 10.6. The molecule has 0 atom stereocenters. The summed E-state index contributed by atoms with van der Waals surface area (Å²) in [6.07, 6.45) is 0. The molecule has 2 aromatic carbocycles. The highest BCUT2D eigenvalue weighted by Crippen LogP contribution is 2.23. The molecule has 8 heteroatoms. The minimum Gasteiger partial charge on any atom is -0.375 e. The molecule has 0 aliphatic rings. The zero-order chi connectivity index (χ0) is 17.1. The average Bonchev–Trinajstić information content (AvgIpc) is 3.02. The second-order valence-corrected chi connectivity index (χ2v) is 5.11. The van der Waals surface area contributed by atoms with E-state index < -0.39 is 10.7 Å². The van der Waals surface area contributed by atoms with Crippen molar-refractivity contribution < 1.29 is 13.8 Å². The molecule has 0 fully saturated rings. The van der Waals surface area contributed by atoms with E-state index in [4.69, 9.17) is 4.52 Å². The zero-order valence-corrected chi connectivity index (χ0v) is 12.7. The minimum absolute atomic E-state index is 0.128. The maximum absolute atomic E-state index is 13.8. The van der Waals surface area contributed by atoms with Gasteiger partial charge in [0.05, 0.1) is 23.2 Å². The first-order valence-corrected chi connectivity index (χ1v) is 7.11. The molecule has 7 nitrogen and oxygen atoms in total. The van der Waals surface area contributed by atoms with Crippen LogP contribution in [0.25, 0.3) is 11.5 Å². The summed E-state index contributed by atoms with van der Waals surface area (Å²) >= 11 is 0. The second kappa shape index (κ2) is 6.45. The molecule has 0 radical (unpaired) electrons. The van der Waals surface area contributed by atoms with E-state index in [1.807, 2.05) is 31.2 Å². The molecular formula is C16H13FN4O3. The number of non-ortho nitro benzene ring substituents is 1. The van der Waals surface area contributed by atoms with Crippen molar-refractivity contribution in [3.8, 4) is 11.5 Å². The summed E-state index contributed by atoms with van der Waals surface area (Å²) in [6, 6.07) is 11.0. The van der Waals surface area contributed by atoms with E-state index >= 15 is 0 Å². The van der Waals surface area contributed by atoms with Crippen molar-refractivity contribution in [3.63, 3.8) is 0 Å². The summed E-state index contributed by atoms with van der Waals surface area (Å²) in [7, 11) is 0. The van der Waals surface area contributed by atoms with E-state index in [0.717, 1.165) is 17.2 Å². The summed E-state index contributed by atoms with van der Waals surface area (Å²) in [4.78, 5) is 14.2. The van der Waals surface area contributed by atoms with Crippen molar-refractivity contribution in [1.29, 1.82) is 0 Å². The van der Waals surface area contributed by atoms with Gasteiger partial charge in [-0.25, -0.2) is 4.39 Å². The van der Waals surface area contributed by atoms with Crippen LogP contribution in [0, 0.1) is 22.9 Å². The number of benzene rings is 2. The Labute approximate surface area is 136 Å². The molecule has 0 aliphatic carbocycles. The lowest BCUT2D eigenvalue weighted by Crippen LogP contribution is -2.03. The van der Waals surface area contributed by atoms with Crippen LogP contribution in [-0.2, 0) is 6.54 Å². The van der Waals surface area contributed by atoms with Crippen LogP contribution in [0.5, 0.6) is 0 Å². The Hall–Kier alpha value is -3.29. The average molecular weight is 328 g/mol. The Balaban J connectivity index is 1.72. The van der Waals surface area contributed by atoms with Crippen molar-refractivity contribution in [1.82, 2.24) is 10.1 Å². The van der Waals surface area contributed by atoms with Crippen LogP contribution in [0.15, 0.2) is 47.0 Å². The largest absolute Gasteiger partial charge is 0.375 e. The number of aromatic nitrogens is 2. The van der Waals surface area contributed by atoms with Gasteiger partial charge in [0, 0.05) is 11.6 Å². The first-order chi connectivity index (χ1) is 11.5. The van der Waals surface area contributed by atoms with E-state index in [1.54, 1.807) is 0 Å². The number of nitro groups is 1. The van der Waals surface area contributed by atoms with Crippen LogP contribution in [-0.4, -0.2) is 15.1 Å². The van der Waals surface area contributed by atoms with E-state index in [9.17, 15) is 14.5 Å². The van der Waals surface area contributed by atoms with Gasteiger partial charge in [-0.2, -0.15) is 4.98 Å². The van der Waals surface area contributed by atoms with Crippen molar-refractivity contribution in [2.45, 2.75) is 13.5 Å². The van der Waals surface area contributed by atoms with Crippen LogP contribution >= 0.6 is 0 Å². The van der Waals surface area contributed by atoms with Gasteiger partial charge in [-0.1, -0.05) is 23.4 Å². The highest BCUT2D eigenvalue weighted by atomic mass is 19.1. The number of anilines is 1. The standard InChI is InChI=1S/C16H13FN4O3/c1-10-4-2-3-5-12(10)16-19-15(20-24-16)9-18-14-7-6-11(21(22)23)8-13(14)17/h2-8,18H,9H2,1H3. The molecule has 1 heterocycles. The lowest BCUT2D eigenvalue weighted by atomic mass is 10.1. The Bertz CT molecular complexity index is 895. The van der Waals surface area contributed by atoms with Crippen LogP contribution in [0.4, 0.5) is 15.8 Å². The number of nitro benzene ring substituents is 1. The number of nitrogens with zero attached hydrogens (tertiary/aromatic N) is 3. The molecular weight excluding hydrogens is 315 g/mol. The molecule has 122 valence electrons. The van der Waals surface area contributed by atoms with Gasteiger partial charge in [0.2, 0.25) is 0 Å². The molecule has 3 rings (SSSR count). The van der Waals surface area contributed by atoms with Crippen molar-refractivity contribution in [2.24, 2.45) is 0 Å². The maximum Gasteiger partial charge on any atom is 0.272 e. The summed E-state index contributed by atoms with van der Waals surface area (Å²) in [5, 5.41) is 17.2. The third-order valence-corrected chi connectivity index (χ3v) is 3.44. The first kappa shape index (κ1) is 15.6. The molecule has 0 amide bonds. The number of hydrogen-bond acceptors (Lipinski definition) is 6. The zero-order valence-electron chi connectivity index (χ0n) is 12.7. The molecule has 0 saturated heterocycles. The summed E-state index contributed by atoms with van der Waals surface area (Å²) in [5.74, 6) is 0.0203. The smallest absolute Gasteiger partial charge is 0.272 e. The number of rotatable bonds is 5. The number of nitrogens with one attached hydrogen (secondary N) is 1. The SMILES string of the molecule is Cc1ccccc1-c1nc(CNc2ccc([N+](=O)[O-])cc2F)no1. The summed E-state index contributed by atoms with van der Waals surface area (Å²) in [5.41, 5.74) is 1.65. The lowest BCUT2D eigenvalue weighted by Gasteiger charge is -2.04. The van der Waals surface area contributed by atoms with Crippen LogP contribution in [0.2, 0.25) is 0 Å². The Morgan fingerprint density at radius 1 is 1.29 bits per heavy atom. The third kappa shape index (κ3) is 3.22. The molecule has 24 heavy (non-hydrogen) atoms. The fraction of sp³-hybridized carbons (Fsp3) is 0.125. The second-order valence-electron chi connectivity index (χ2n) is 5.11. The molecule has 0 spiro atoms.